The fraction of sp³-hybridized carbons (Fsp3) is 0.381. The molecule has 28 heavy (non-hydrogen) atoms. The number of amides is 2. The molecule has 146 valence electrons. The maximum Gasteiger partial charge on any atom is 0.263 e. The van der Waals surface area contributed by atoms with Crippen molar-refractivity contribution in [3.8, 4) is 5.69 Å². The van der Waals surface area contributed by atoms with Gasteiger partial charge in [-0.25, -0.2) is 4.98 Å². The fourth-order valence-electron chi connectivity index (χ4n) is 3.80. The van der Waals surface area contributed by atoms with Crippen molar-refractivity contribution in [2.75, 3.05) is 19.6 Å². The minimum atomic E-state index is -0.0866. The summed E-state index contributed by atoms with van der Waals surface area (Å²) in [5, 5.41) is 4.05. The van der Waals surface area contributed by atoms with Gasteiger partial charge in [0.2, 0.25) is 5.91 Å². The fourth-order valence-corrected chi connectivity index (χ4v) is 5.01. The second-order valence-electron chi connectivity index (χ2n) is 7.22. The second-order valence-corrected chi connectivity index (χ2v) is 8.22. The topological polar surface area (TPSA) is 67.2 Å². The lowest BCUT2D eigenvalue weighted by Gasteiger charge is -2.15. The molecule has 0 aliphatic carbocycles. The maximum absolute atomic E-state index is 13.0. The Kier molecular flexibility index (Phi) is 5.17. The van der Waals surface area contributed by atoms with E-state index in [1.807, 2.05) is 40.9 Å². The molecule has 0 saturated carbocycles. The van der Waals surface area contributed by atoms with Crippen molar-refractivity contribution in [1.82, 2.24) is 19.8 Å². The first-order valence-corrected chi connectivity index (χ1v) is 10.5. The molecule has 1 aliphatic heterocycles. The normalized spacial score (nSPS) is 14.2. The van der Waals surface area contributed by atoms with Gasteiger partial charge in [0, 0.05) is 49.5 Å². The van der Waals surface area contributed by atoms with Gasteiger partial charge in [-0.15, -0.1) is 11.3 Å². The highest BCUT2D eigenvalue weighted by molar-refractivity contribution is 7.21. The summed E-state index contributed by atoms with van der Waals surface area (Å²) in [6.07, 6.45) is 6.27. The Hall–Kier alpha value is -2.67. The summed E-state index contributed by atoms with van der Waals surface area (Å²) in [7, 11) is 0. The zero-order valence-corrected chi connectivity index (χ0v) is 17.0. The third-order valence-electron chi connectivity index (χ3n) is 5.09. The Bertz CT molecular complexity index is 1020. The molecule has 7 heteroatoms. The first-order chi connectivity index (χ1) is 13.5. The predicted octanol–water partition coefficient (Wildman–Crippen LogP) is 3.45. The summed E-state index contributed by atoms with van der Waals surface area (Å²) in [5.41, 5.74) is 2.96. The molecule has 4 heterocycles. The number of likely N-dealkylation sites (tertiary alicyclic amines) is 1. The second kappa shape index (κ2) is 7.75. The van der Waals surface area contributed by atoms with Gasteiger partial charge in [-0.05, 0) is 50.5 Å². The summed E-state index contributed by atoms with van der Waals surface area (Å²) in [6, 6.07) is 5.96. The molecule has 0 bridgehead atoms. The van der Waals surface area contributed by atoms with E-state index in [4.69, 9.17) is 0 Å². The number of carbonyl (C=O) groups is 2. The van der Waals surface area contributed by atoms with Gasteiger partial charge >= 0.3 is 0 Å². The summed E-state index contributed by atoms with van der Waals surface area (Å²) >= 11 is 1.43. The van der Waals surface area contributed by atoms with Crippen LogP contribution in [-0.4, -0.2) is 45.9 Å². The Labute approximate surface area is 168 Å². The van der Waals surface area contributed by atoms with Crippen LogP contribution in [0.2, 0.25) is 0 Å². The van der Waals surface area contributed by atoms with Crippen LogP contribution in [0, 0.1) is 13.8 Å². The number of pyridine rings is 1. The molecule has 0 aromatic carbocycles. The lowest BCUT2D eigenvalue weighted by Crippen LogP contribution is -2.30. The summed E-state index contributed by atoms with van der Waals surface area (Å²) in [5.74, 6) is 0.138. The number of aromatic nitrogens is 2. The highest BCUT2D eigenvalue weighted by atomic mass is 32.1. The van der Waals surface area contributed by atoms with Gasteiger partial charge in [0.25, 0.3) is 5.91 Å². The average Bonchev–Trinajstić information content (AvgIpc) is 3.37. The third-order valence-corrected chi connectivity index (χ3v) is 6.16. The Morgan fingerprint density at radius 2 is 2.07 bits per heavy atom. The molecule has 0 radical (unpaired) electrons. The molecule has 1 fully saturated rings. The molecule has 1 aliphatic rings. The molecule has 0 atom stereocenters. The predicted molar refractivity (Wildman–Crippen MR) is 111 cm³/mol. The zero-order valence-electron chi connectivity index (χ0n) is 16.2. The van der Waals surface area contributed by atoms with Crippen LogP contribution < -0.4 is 5.32 Å². The summed E-state index contributed by atoms with van der Waals surface area (Å²) in [6.45, 7) is 6.13. The largest absolute Gasteiger partial charge is 0.351 e. The van der Waals surface area contributed by atoms with Crippen LogP contribution >= 0.6 is 11.3 Å². The number of nitrogens with zero attached hydrogens (tertiary/aromatic N) is 3. The molecular weight excluding hydrogens is 372 g/mol. The highest BCUT2D eigenvalue weighted by Gasteiger charge is 2.22. The highest BCUT2D eigenvalue weighted by Crippen LogP contribution is 2.35. The number of aryl methyl sites for hydroxylation is 2. The smallest absolute Gasteiger partial charge is 0.263 e. The van der Waals surface area contributed by atoms with Crippen LogP contribution in [0.4, 0.5) is 0 Å². The molecule has 0 spiro atoms. The molecule has 4 rings (SSSR count). The van der Waals surface area contributed by atoms with E-state index in [2.05, 4.69) is 23.3 Å². The van der Waals surface area contributed by atoms with E-state index < -0.39 is 0 Å². The lowest BCUT2D eigenvalue weighted by atomic mass is 10.1. The Balaban J connectivity index is 1.55. The minimum absolute atomic E-state index is 0.0866. The van der Waals surface area contributed by atoms with Crippen LogP contribution in [0.5, 0.6) is 0 Å². The molecule has 2 amide bonds. The minimum Gasteiger partial charge on any atom is -0.351 e. The standard InChI is InChI=1S/C21H24N4O2S/c1-14-13-15(2)23-21-17(14)18(25-9-3-4-10-25)19(28-21)20(27)22-8-6-12-24-11-5-7-16(24)26/h3-4,9-10,13H,5-8,11-12H2,1-2H3,(H,22,27). The van der Waals surface area contributed by atoms with E-state index >= 15 is 0 Å². The lowest BCUT2D eigenvalue weighted by molar-refractivity contribution is -0.127. The van der Waals surface area contributed by atoms with Gasteiger partial charge in [0.1, 0.15) is 9.71 Å². The average molecular weight is 397 g/mol. The van der Waals surface area contributed by atoms with Crippen LogP contribution in [-0.2, 0) is 4.79 Å². The van der Waals surface area contributed by atoms with E-state index in [9.17, 15) is 9.59 Å². The molecule has 1 N–H and O–H groups in total. The summed E-state index contributed by atoms with van der Waals surface area (Å²) < 4.78 is 1.99. The molecule has 1 saturated heterocycles. The van der Waals surface area contributed by atoms with Crippen LogP contribution in [0.15, 0.2) is 30.6 Å². The number of hydrogen-bond donors (Lipinski definition) is 1. The van der Waals surface area contributed by atoms with Crippen LogP contribution in [0.1, 0.15) is 40.2 Å². The van der Waals surface area contributed by atoms with E-state index in [1.54, 1.807) is 0 Å². The molecule has 3 aromatic heterocycles. The summed E-state index contributed by atoms with van der Waals surface area (Å²) in [4.78, 5) is 32.7. The molecule has 0 unspecified atom stereocenters. The van der Waals surface area contributed by atoms with Gasteiger partial charge in [-0.2, -0.15) is 0 Å². The molecule has 6 nitrogen and oxygen atoms in total. The van der Waals surface area contributed by atoms with Gasteiger partial charge in [0.05, 0.1) is 5.69 Å². The maximum atomic E-state index is 13.0. The van der Waals surface area contributed by atoms with Crippen molar-refractivity contribution < 1.29 is 9.59 Å². The SMILES string of the molecule is Cc1cc(C)c2c(-n3cccc3)c(C(=O)NCCCN3CCCC3=O)sc2n1. The van der Waals surface area contributed by atoms with Gasteiger partial charge in [-0.1, -0.05) is 0 Å². The van der Waals surface area contributed by atoms with Crippen LogP contribution in [0.25, 0.3) is 15.9 Å². The quantitative estimate of drug-likeness (QED) is 0.649. The Morgan fingerprint density at radius 1 is 1.29 bits per heavy atom. The van der Waals surface area contributed by atoms with Crippen molar-refractivity contribution in [3.05, 3.63) is 46.7 Å². The van der Waals surface area contributed by atoms with E-state index in [-0.39, 0.29) is 11.8 Å². The van der Waals surface area contributed by atoms with E-state index in [0.29, 0.717) is 24.4 Å². The monoisotopic (exact) mass is 396 g/mol. The van der Waals surface area contributed by atoms with E-state index in [0.717, 1.165) is 46.5 Å². The van der Waals surface area contributed by atoms with E-state index in [1.165, 1.54) is 11.3 Å². The number of carbonyl (C=O) groups excluding carboxylic acids is 2. The van der Waals surface area contributed by atoms with Crippen molar-refractivity contribution >= 4 is 33.4 Å². The molecule has 3 aromatic rings. The van der Waals surface area contributed by atoms with Gasteiger partial charge < -0.3 is 14.8 Å². The van der Waals surface area contributed by atoms with Crippen molar-refractivity contribution in [2.24, 2.45) is 0 Å². The molecular formula is C21H24N4O2S. The number of thiophene rings is 1. The Morgan fingerprint density at radius 3 is 2.79 bits per heavy atom. The van der Waals surface area contributed by atoms with Crippen molar-refractivity contribution in [1.29, 1.82) is 0 Å². The first kappa shape index (κ1) is 18.7. The third kappa shape index (κ3) is 3.54. The van der Waals surface area contributed by atoms with Crippen molar-refractivity contribution in [2.45, 2.75) is 33.1 Å². The number of hydrogen-bond acceptors (Lipinski definition) is 4. The zero-order chi connectivity index (χ0) is 19.7. The number of fused-ring (bicyclic) bond motifs is 1. The van der Waals surface area contributed by atoms with Gasteiger partial charge in [-0.3, -0.25) is 9.59 Å². The number of rotatable bonds is 6. The number of nitrogens with one attached hydrogen (secondary N) is 1. The first-order valence-electron chi connectivity index (χ1n) is 9.64. The van der Waals surface area contributed by atoms with Crippen molar-refractivity contribution in [3.63, 3.8) is 0 Å². The van der Waals surface area contributed by atoms with Gasteiger partial charge in [0.15, 0.2) is 0 Å². The van der Waals surface area contributed by atoms with Crippen LogP contribution in [0.3, 0.4) is 0 Å².